The molecule has 3 aliphatic heterocycles. The quantitative estimate of drug-likeness (QED) is 0.697. The van der Waals surface area contributed by atoms with Gasteiger partial charge >= 0.3 is 0 Å². The van der Waals surface area contributed by atoms with Crippen molar-refractivity contribution in [3.63, 3.8) is 0 Å². The molecule has 0 bridgehead atoms. The van der Waals surface area contributed by atoms with Gasteiger partial charge in [0.05, 0.1) is 6.61 Å². The Morgan fingerprint density at radius 3 is 2.47 bits per heavy atom. The minimum absolute atomic E-state index is 0.0987. The second kappa shape index (κ2) is 3.45. The highest BCUT2D eigenvalue weighted by Crippen LogP contribution is 2.39. The molecule has 0 aromatic carbocycles. The van der Waals surface area contributed by atoms with Gasteiger partial charge in [0.1, 0.15) is 12.2 Å². The van der Waals surface area contributed by atoms with Crippen LogP contribution in [0.2, 0.25) is 0 Å². The summed E-state index contributed by atoms with van der Waals surface area (Å²) in [5.41, 5.74) is 0. The van der Waals surface area contributed by atoms with Gasteiger partial charge in [0.25, 0.3) is 0 Å². The summed E-state index contributed by atoms with van der Waals surface area (Å²) < 4.78 is 28.3. The molecule has 3 aliphatic rings. The highest BCUT2D eigenvalue weighted by molar-refractivity contribution is 5.13. The summed E-state index contributed by atoms with van der Waals surface area (Å²) in [5, 5.41) is 0. The SMILES string of the molecule is CC1(C)OC2=C[C@H]([C@H]3COC(C)(C)O3)O[C@@H]2O1. The topological polar surface area (TPSA) is 46.2 Å². The van der Waals surface area contributed by atoms with Crippen LogP contribution >= 0.6 is 0 Å². The van der Waals surface area contributed by atoms with Gasteiger partial charge in [0.2, 0.25) is 12.1 Å². The van der Waals surface area contributed by atoms with E-state index in [-0.39, 0.29) is 12.2 Å². The lowest BCUT2D eigenvalue weighted by molar-refractivity contribution is -0.214. The molecule has 0 saturated carbocycles. The number of ether oxygens (including phenoxy) is 5. The maximum absolute atomic E-state index is 5.75. The maximum atomic E-state index is 5.75. The van der Waals surface area contributed by atoms with Crippen LogP contribution in [0.4, 0.5) is 0 Å². The van der Waals surface area contributed by atoms with E-state index in [1.165, 1.54) is 0 Å². The molecule has 0 aromatic rings. The molecule has 0 amide bonds. The average Bonchev–Trinajstić information content (AvgIpc) is 2.75. The molecule has 0 N–H and O–H groups in total. The minimum Gasteiger partial charge on any atom is -0.462 e. The summed E-state index contributed by atoms with van der Waals surface area (Å²) >= 11 is 0. The van der Waals surface area contributed by atoms with Crippen molar-refractivity contribution in [3.05, 3.63) is 11.8 Å². The van der Waals surface area contributed by atoms with Gasteiger partial charge in [-0.2, -0.15) is 0 Å². The first kappa shape index (κ1) is 11.5. The second-order valence-corrected chi connectivity index (χ2v) is 5.49. The first-order chi connectivity index (χ1) is 7.85. The number of rotatable bonds is 1. The van der Waals surface area contributed by atoms with Crippen LogP contribution in [0.5, 0.6) is 0 Å². The molecule has 5 nitrogen and oxygen atoms in total. The Morgan fingerprint density at radius 2 is 1.88 bits per heavy atom. The molecule has 0 spiro atoms. The summed E-state index contributed by atoms with van der Waals surface area (Å²) in [7, 11) is 0. The van der Waals surface area contributed by atoms with Gasteiger partial charge in [-0.1, -0.05) is 0 Å². The lowest BCUT2D eigenvalue weighted by Gasteiger charge is -2.22. The molecule has 3 heterocycles. The van der Waals surface area contributed by atoms with Crippen molar-refractivity contribution in [1.29, 1.82) is 0 Å². The van der Waals surface area contributed by atoms with E-state index in [2.05, 4.69) is 0 Å². The first-order valence-corrected chi connectivity index (χ1v) is 5.90. The van der Waals surface area contributed by atoms with E-state index in [1.54, 1.807) is 0 Å². The van der Waals surface area contributed by atoms with Crippen LogP contribution in [0.25, 0.3) is 0 Å². The molecule has 17 heavy (non-hydrogen) atoms. The Bertz CT molecular complexity index is 360. The van der Waals surface area contributed by atoms with Crippen LogP contribution in [0.15, 0.2) is 11.8 Å². The van der Waals surface area contributed by atoms with Crippen LogP contribution in [0, 0.1) is 0 Å². The van der Waals surface area contributed by atoms with E-state index < -0.39 is 17.9 Å². The van der Waals surface area contributed by atoms with E-state index in [0.717, 1.165) is 5.76 Å². The first-order valence-electron chi connectivity index (χ1n) is 5.90. The third-order valence-corrected chi connectivity index (χ3v) is 2.99. The van der Waals surface area contributed by atoms with Crippen molar-refractivity contribution in [2.75, 3.05) is 6.61 Å². The zero-order valence-electron chi connectivity index (χ0n) is 10.6. The molecule has 5 heteroatoms. The normalized spacial score (nSPS) is 42.1. The molecule has 0 aromatic heterocycles. The van der Waals surface area contributed by atoms with Crippen LogP contribution in [0.3, 0.4) is 0 Å². The zero-order chi connectivity index (χ0) is 12.3. The fourth-order valence-electron chi connectivity index (χ4n) is 2.30. The molecule has 3 rings (SSSR count). The largest absolute Gasteiger partial charge is 0.462 e. The molecule has 2 fully saturated rings. The van der Waals surface area contributed by atoms with Gasteiger partial charge < -0.3 is 23.7 Å². The predicted molar refractivity (Wildman–Crippen MR) is 57.9 cm³/mol. The molecular weight excluding hydrogens is 224 g/mol. The third kappa shape index (κ3) is 2.08. The van der Waals surface area contributed by atoms with Crippen LogP contribution in [-0.4, -0.2) is 36.7 Å². The minimum atomic E-state index is -0.603. The third-order valence-electron chi connectivity index (χ3n) is 2.99. The standard InChI is InChI=1S/C12H18O5/c1-11(2)13-6-9(16-11)7-5-8-10(14-7)17-12(3,4)15-8/h5,7,9-10H,6H2,1-4H3/t7-,9-,10-/m1/s1. The van der Waals surface area contributed by atoms with Crippen molar-refractivity contribution >= 4 is 0 Å². The van der Waals surface area contributed by atoms with E-state index in [0.29, 0.717) is 6.61 Å². The predicted octanol–water partition coefficient (Wildman–Crippen LogP) is 1.53. The average molecular weight is 242 g/mol. The van der Waals surface area contributed by atoms with Crippen molar-refractivity contribution in [3.8, 4) is 0 Å². The van der Waals surface area contributed by atoms with Gasteiger partial charge in [0, 0.05) is 13.8 Å². The van der Waals surface area contributed by atoms with Crippen LogP contribution in [0.1, 0.15) is 27.7 Å². The Balaban J connectivity index is 1.68. The lowest BCUT2D eigenvalue weighted by Crippen LogP contribution is -2.33. The molecule has 0 unspecified atom stereocenters. The van der Waals surface area contributed by atoms with E-state index >= 15 is 0 Å². The van der Waals surface area contributed by atoms with E-state index in [1.807, 2.05) is 33.8 Å². The smallest absolute Gasteiger partial charge is 0.220 e. The molecule has 3 atom stereocenters. The molecule has 96 valence electrons. The lowest BCUT2D eigenvalue weighted by atomic mass is 10.2. The maximum Gasteiger partial charge on any atom is 0.220 e. The van der Waals surface area contributed by atoms with Gasteiger partial charge in [-0.25, -0.2) is 0 Å². The summed E-state index contributed by atoms with van der Waals surface area (Å²) in [5.74, 6) is -0.396. The molecule has 0 radical (unpaired) electrons. The Kier molecular flexibility index (Phi) is 2.32. The number of fused-ring (bicyclic) bond motifs is 1. The van der Waals surface area contributed by atoms with Crippen LogP contribution < -0.4 is 0 Å². The summed E-state index contributed by atoms with van der Waals surface area (Å²) in [6.07, 6.45) is 1.27. The van der Waals surface area contributed by atoms with Gasteiger partial charge in [-0.15, -0.1) is 0 Å². The fourth-order valence-corrected chi connectivity index (χ4v) is 2.30. The monoisotopic (exact) mass is 242 g/mol. The van der Waals surface area contributed by atoms with E-state index in [9.17, 15) is 0 Å². The van der Waals surface area contributed by atoms with Crippen molar-refractivity contribution < 1.29 is 23.7 Å². The van der Waals surface area contributed by atoms with Crippen LogP contribution in [-0.2, 0) is 23.7 Å². The Labute approximate surface area is 101 Å². The van der Waals surface area contributed by atoms with Crippen molar-refractivity contribution in [1.82, 2.24) is 0 Å². The number of hydrogen-bond donors (Lipinski definition) is 0. The van der Waals surface area contributed by atoms with E-state index in [4.69, 9.17) is 23.7 Å². The van der Waals surface area contributed by atoms with Crippen molar-refractivity contribution in [2.45, 2.75) is 57.8 Å². The highest BCUT2D eigenvalue weighted by atomic mass is 16.8. The van der Waals surface area contributed by atoms with Gasteiger partial charge in [-0.05, 0) is 19.9 Å². The number of hydrogen-bond acceptors (Lipinski definition) is 5. The van der Waals surface area contributed by atoms with Gasteiger partial charge in [0.15, 0.2) is 11.5 Å². The summed E-state index contributed by atoms with van der Waals surface area (Å²) in [6, 6.07) is 0. The fraction of sp³-hybridized carbons (Fsp3) is 0.833. The van der Waals surface area contributed by atoms with Crippen molar-refractivity contribution in [2.24, 2.45) is 0 Å². The summed E-state index contributed by atoms with van der Waals surface area (Å²) in [4.78, 5) is 0. The Hall–Kier alpha value is -0.620. The summed E-state index contributed by atoms with van der Waals surface area (Å²) in [6.45, 7) is 8.04. The zero-order valence-corrected chi connectivity index (χ0v) is 10.6. The van der Waals surface area contributed by atoms with Gasteiger partial charge in [-0.3, -0.25) is 0 Å². The molecule has 2 saturated heterocycles. The Morgan fingerprint density at radius 1 is 1.12 bits per heavy atom. The molecule has 0 aliphatic carbocycles. The molecular formula is C12H18O5. The second-order valence-electron chi connectivity index (χ2n) is 5.49. The highest BCUT2D eigenvalue weighted by Gasteiger charge is 2.48.